The van der Waals surface area contributed by atoms with Crippen molar-refractivity contribution in [1.29, 1.82) is 0 Å². The largest absolute Gasteiger partial charge is 0.497 e. The van der Waals surface area contributed by atoms with Crippen molar-refractivity contribution in [2.45, 2.75) is 25.7 Å². The second-order valence-electron chi connectivity index (χ2n) is 4.95. The van der Waals surface area contributed by atoms with Gasteiger partial charge in [-0.3, -0.25) is 0 Å². The lowest BCUT2D eigenvalue weighted by Crippen LogP contribution is -1.97. The minimum atomic E-state index is 0.405. The second kappa shape index (κ2) is 7.01. The molecule has 1 nitrogen and oxygen atoms in total. The normalized spacial score (nSPS) is 12.2. The summed E-state index contributed by atoms with van der Waals surface area (Å²) in [6.07, 6.45) is 2.07. The highest BCUT2D eigenvalue weighted by Crippen LogP contribution is 2.30. The van der Waals surface area contributed by atoms with E-state index in [-0.39, 0.29) is 0 Å². The molecule has 0 saturated heterocycles. The van der Waals surface area contributed by atoms with Gasteiger partial charge in [0.1, 0.15) is 5.75 Å². The molecule has 0 spiro atoms. The molecule has 1 unspecified atom stereocenters. The zero-order valence-electron chi connectivity index (χ0n) is 11.7. The maximum atomic E-state index is 6.24. The number of rotatable bonds is 5. The Labute approximate surface area is 130 Å². The SMILES string of the molecule is COc1ccc(CCC(C)c2ccc(Cl)cc2Cl)cc1. The van der Waals surface area contributed by atoms with Gasteiger partial charge in [-0.15, -0.1) is 0 Å². The van der Waals surface area contributed by atoms with E-state index in [0.717, 1.165) is 29.2 Å². The Kier molecular flexibility index (Phi) is 5.33. The van der Waals surface area contributed by atoms with E-state index in [1.165, 1.54) is 5.56 Å². The van der Waals surface area contributed by atoms with Crippen LogP contribution >= 0.6 is 23.2 Å². The molecular formula is C17H18Cl2O. The molecule has 3 heteroatoms. The zero-order chi connectivity index (χ0) is 14.5. The highest BCUT2D eigenvalue weighted by atomic mass is 35.5. The van der Waals surface area contributed by atoms with Gasteiger partial charge in [-0.05, 0) is 54.2 Å². The summed E-state index contributed by atoms with van der Waals surface area (Å²) in [5.74, 6) is 1.30. The van der Waals surface area contributed by atoms with Gasteiger partial charge in [0.25, 0.3) is 0 Å². The van der Waals surface area contributed by atoms with Gasteiger partial charge in [0.2, 0.25) is 0 Å². The summed E-state index contributed by atoms with van der Waals surface area (Å²) in [7, 11) is 1.68. The van der Waals surface area contributed by atoms with E-state index in [1.54, 1.807) is 7.11 Å². The van der Waals surface area contributed by atoms with Crippen molar-refractivity contribution in [1.82, 2.24) is 0 Å². The first-order chi connectivity index (χ1) is 9.60. The highest BCUT2D eigenvalue weighted by molar-refractivity contribution is 6.35. The molecule has 0 heterocycles. The van der Waals surface area contributed by atoms with Crippen LogP contribution in [0.1, 0.15) is 30.4 Å². The van der Waals surface area contributed by atoms with Crippen molar-refractivity contribution in [2.75, 3.05) is 7.11 Å². The van der Waals surface area contributed by atoms with Crippen molar-refractivity contribution < 1.29 is 4.74 Å². The Morgan fingerprint density at radius 1 is 1.05 bits per heavy atom. The summed E-state index contributed by atoms with van der Waals surface area (Å²) >= 11 is 12.2. The van der Waals surface area contributed by atoms with Crippen LogP contribution in [0.4, 0.5) is 0 Å². The minimum absolute atomic E-state index is 0.405. The minimum Gasteiger partial charge on any atom is -0.497 e. The average molecular weight is 309 g/mol. The first-order valence-corrected chi connectivity index (χ1v) is 7.43. The van der Waals surface area contributed by atoms with Gasteiger partial charge in [0.15, 0.2) is 0 Å². The van der Waals surface area contributed by atoms with E-state index < -0.39 is 0 Å². The Morgan fingerprint density at radius 2 is 1.75 bits per heavy atom. The summed E-state index contributed by atoms with van der Waals surface area (Å²) in [6.45, 7) is 2.19. The van der Waals surface area contributed by atoms with E-state index in [1.807, 2.05) is 30.3 Å². The maximum absolute atomic E-state index is 6.24. The fraction of sp³-hybridized carbons (Fsp3) is 0.294. The van der Waals surface area contributed by atoms with Crippen LogP contribution in [0.15, 0.2) is 42.5 Å². The third kappa shape index (κ3) is 3.91. The molecule has 2 aromatic rings. The Hall–Kier alpha value is -1.18. The van der Waals surface area contributed by atoms with Gasteiger partial charge >= 0.3 is 0 Å². The highest BCUT2D eigenvalue weighted by Gasteiger charge is 2.10. The van der Waals surface area contributed by atoms with Crippen LogP contribution in [-0.4, -0.2) is 7.11 Å². The van der Waals surface area contributed by atoms with Gasteiger partial charge < -0.3 is 4.74 Å². The van der Waals surface area contributed by atoms with E-state index in [0.29, 0.717) is 10.9 Å². The predicted molar refractivity (Wildman–Crippen MR) is 86.2 cm³/mol. The van der Waals surface area contributed by atoms with Crippen molar-refractivity contribution in [3.8, 4) is 5.75 Å². The lowest BCUT2D eigenvalue weighted by Gasteiger charge is -2.14. The van der Waals surface area contributed by atoms with Crippen molar-refractivity contribution in [2.24, 2.45) is 0 Å². The van der Waals surface area contributed by atoms with Gasteiger partial charge in [-0.2, -0.15) is 0 Å². The predicted octanol–water partition coefficient (Wildman–Crippen LogP) is 5.74. The molecule has 0 N–H and O–H groups in total. The number of aryl methyl sites for hydroxylation is 1. The summed E-state index contributed by atoms with van der Waals surface area (Å²) < 4.78 is 5.16. The molecule has 1 atom stereocenters. The molecule has 0 amide bonds. The lowest BCUT2D eigenvalue weighted by molar-refractivity contribution is 0.414. The molecule has 20 heavy (non-hydrogen) atoms. The van der Waals surface area contributed by atoms with Crippen LogP contribution in [0.25, 0.3) is 0 Å². The molecule has 2 aromatic carbocycles. The number of methoxy groups -OCH3 is 1. The summed E-state index contributed by atoms with van der Waals surface area (Å²) in [5, 5.41) is 1.43. The smallest absolute Gasteiger partial charge is 0.118 e. The van der Waals surface area contributed by atoms with E-state index in [9.17, 15) is 0 Å². The van der Waals surface area contributed by atoms with E-state index in [4.69, 9.17) is 27.9 Å². The van der Waals surface area contributed by atoms with Crippen LogP contribution in [-0.2, 0) is 6.42 Å². The monoisotopic (exact) mass is 308 g/mol. The van der Waals surface area contributed by atoms with E-state index >= 15 is 0 Å². The van der Waals surface area contributed by atoms with Gasteiger partial charge in [0, 0.05) is 10.0 Å². The fourth-order valence-corrected chi connectivity index (χ4v) is 2.83. The molecule has 0 aliphatic carbocycles. The van der Waals surface area contributed by atoms with Crippen molar-refractivity contribution in [3.05, 3.63) is 63.6 Å². The molecule has 0 bridgehead atoms. The fourth-order valence-electron chi connectivity index (χ4n) is 2.23. The first-order valence-electron chi connectivity index (χ1n) is 6.68. The summed E-state index contributed by atoms with van der Waals surface area (Å²) in [4.78, 5) is 0. The molecule has 106 valence electrons. The molecule has 0 aromatic heterocycles. The molecule has 0 saturated carbocycles. The molecule has 0 fully saturated rings. The Bertz CT molecular complexity index is 564. The first kappa shape index (κ1) is 15.2. The summed E-state index contributed by atoms with van der Waals surface area (Å²) in [5.41, 5.74) is 2.47. The van der Waals surface area contributed by atoms with Gasteiger partial charge in [0.05, 0.1) is 7.11 Å². The number of halogens is 2. The van der Waals surface area contributed by atoms with Crippen LogP contribution in [0.3, 0.4) is 0 Å². The third-order valence-electron chi connectivity index (χ3n) is 3.52. The van der Waals surface area contributed by atoms with E-state index in [2.05, 4.69) is 19.1 Å². The van der Waals surface area contributed by atoms with Gasteiger partial charge in [-0.25, -0.2) is 0 Å². The second-order valence-corrected chi connectivity index (χ2v) is 5.80. The summed E-state index contributed by atoms with van der Waals surface area (Å²) in [6, 6.07) is 13.9. The lowest BCUT2D eigenvalue weighted by atomic mass is 9.94. The van der Waals surface area contributed by atoms with Crippen molar-refractivity contribution in [3.63, 3.8) is 0 Å². The Balaban J connectivity index is 1.98. The molecule has 0 aliphatic heterocycles. The van der Waals surface area contributed by atoms with Crippen LogP contribution in [0.2, 0.25) is 10.0 Å². The van der Waals surface area contributed by atoms with Crippen LogP contribution < -0.4 is 4.74 Å². The maximum Gasteiger partial charge on any atom is 0.118 e. The van der Waals surface area contributed by atoms with Gasteiger partial charge in [-0.1, -0.05) is 48.3 Å². The number of hydrogen-bond acceptors (Lipinski definition) is 1. The van der Waals surface area contributed by atoms with Crippen molar-refractivity contribution >= 4 is 23.2 Å². The molecular weight excluding hydrogens is 291 g/mol. The topological polar surface area (TPSA) is 9.23 Å². The number of benzene rings is 2. The third-order valence-corrected chi connectivity index (χ3v) is 4.08. The Morgan fingerprint density at radius 3 is 2.35 bits per heavy atom. The number of ether oxygens (including phenoxy) is 1. The molecule has 2 rings (SSSR count). The molecule has 0 aliphatic rings. The van der Waals surface area contributed by atoms with Crippen LogP contribution in [0.5, 0.6) is 5.75 Å². The zero-order valence-corrected chi connectivity index (χ0v) is 13.2. The van der Waals surface area contributed by atoms with Crippen LogP contribution in [0, 0.1) is 0 Å². The average Bonchev–Trinajstić information content (AvgIpc) is 2.45. The standard InChI is InChI=1S/C17H18Cl2O/c1-12(16-10-7-14(18)11-17(16)19)3-4-13-5-8-15(20-2)9-6-13/h5-12H,3-4H2,1-2H3. The number of hydrogen-bond donors (Lipinski definition) is 0. The molecule has 0 radical (unpaired) electrons. The quantitative estimate of drug-likeness (QED) is 0.684.